The third-order valence-corrected chi connectivity index (χ3v) is 3.93. The lowest BCUT2D eigenvalue weighted by atomic mass is 10.2. The number of thiazole rings is 1. The minimum Gasteiger partial charge on any atom is -0.489 e. The molecule has 2 rings (SSSR count). The van der Waals surface area contributed by atoms with Crippen molar-refractivity contribution >= 4 is 38.9 Å². The Bertz CT molecular complexity index is 527. The summed E-state index contributed by atoms with van der Waals surface area (Å²) in [6.07, 6.45) is 0.103. The molecule has 0 atom stereocenters. The van der Waals surface area contributed by atoms with Crippen LogP contribution in [0, 0.1) is 0 Å². The van der Waals surface area contributed by atoms with Crippen molar-refractivity contribution in [2.24, 2.45) is 0 Å². The average Bonchev–Trinajstić information content (AvgIpc) is 2.67. The molecule has 90 valence electrons. The van der Waals surface area contributed by atoms with Crippen LogP contribution in [0.3, 0.4) is 0 Å². The van der Waals surface area contributed by atoms with Gasteiger partial charge in [-0.15, -0.1) is 11.3 Å². The average molecular weight is 333 g/mol. The summed E-state index contributed by atoms with van der Waals surface area (Å²) in [5.41, 5.74) is 1.01. The van der Waals surface area contributed by atoms with Crippen LogP contribution >= 0.6 is 38.9 Å². The van der Waals surface area contributed by atoms with Crippen LogP contribution in [0.5, 0.6) is 5.75 Å². The Kier molecular flexibility index (Phi) is 4.07. The van der Waals surface area contributed by atoms with E-state index in [-0.39, 0.29) is 6.10 Å². The zero-order valence-electron chi connectivity index (χ0n) is 9.41. The second kappa shape index (κ2) is 5.38. The molecule has 0 saturated heterocycles. The van der Waals surface area contributed by atoms with Crippen LogP contribution in [-0.2, 0) is 0 Å². The normalized spacial score (nSPS) is 10.9. The molecule has 0 bridgehead atoms. The highest BCUT2D eigenvalue weighted by Gasteiger charge is 2.09. The maximum absolute atomic E-state index is 6.08. The van der Waals surface area contributed by atoms with Gasteiger partial charge in [0.25, 0.3) is 0 Å². The predicted molar refractivity (Wildman–Crippen MR) is 76.0 cm³/mol. The molecule has 5 heteroatoms. The summed E-state index contributed by atoms with van der Waals surface area (Å²) >= 11 is 11.0. The monoisotopic (exact) mass is 331 g/mol. The summed E-state index contributed by atoms with van der Waals surface area (Å²) in [4.78, 5) is 4.37. The van der Waals surface area contributed by atoms with Crippen molar-refractivity contribution in [3.8, 4) is 16.3 Å². The van der Waals surface area contributed by atoms with Crippen LogP contribution < -0.4 is 4.74 Å². The van der Waals surface area contributed by atoms with Crippen LogP contribution in [0.15, 0.2) is 28.2 Å². The van der Waals surface area contributed by atoms with Gasteiger partial charge in [-0.3, -0.25) is 0 Å². The molecule has 1 aromatic carbocycles. The lowest BCUT2D eigenvalue weighted by Crippen LogP contribution is -2.05. The van der Waals surface area contributed by atoms with E-state index in [2.05, 4.69) is 20.9 Å². The van der Waals surface area contributed by atoms with E-state index in [0.717, 1.165) is 15.2 Å². The maximum atomic E-state index is 6.08. The number of benzene rings is 1. The molecule has 17 heavy (non-hydrogen) atoms. The largest absolute Gasteiger partial charge is 0.489 e. The van der Waals surface area contributed by atoms with Crippen molar-refractivity contribution < 1.29 is 4.74 Å². The highest BCUT2D eigenvalue weighted by molar-refractivity contribution is 9.10. The Morgan fingerprint density at radius 1 is 1.41 bits per heavy atom. The van der Waals surface area contributed by atoms with Gasteiger partial charge in [-0.1, -0.05) is 17.7 Å². The predicted octanol–water partition coefficient (Wildman–Crippen LogP) is 5.01. The van der Waals surface area contributed by atoms with Crippen LogP contribution in [0.25, 0.3) is 10.6 Å². The fourth-order valence-electron chi connectivity index (χ4n) is 1.37. The van der Waals surface area contributed by atoms with Crippen molar-refractivity contribution in [1.82, 2.24) is 4.98 Å². The van der Waals surface area contributed by atoms with E-state index in [1.807, 2.05) is 37.4 Å². The molecular weight excluding hydrogens is 322 g/mol. The van der Waals surface area contributed by atoms with Crippen molar-refractivity contribution in [2.45, 2.75) is 20.0 Å². The first-order valence-electron chi connectivity index (χ1n) is 5.14. The summed E-state index contributed by atoms with van der Waals surface area (Å²) in [5.74, 6) is 0.700. The minimum atomic E-state index is 0.103. The number of aromatic nitrogens is 1. The molecule has 0 aliphatic rings. The smallest absolute Gasteiger partial charge is 0.138 e. The Morgan fingerprint density at radius 2 is 2.18 bits per heavy atom. The molecule has 0 unspecified atom stereocenters. The van der Waals surface area contributed by atoms with Gasteiger partial charge < -0.3 is 4.74 Å². The van der Waals surface area contributed by atoms with Gasteiger partial charge in [0.2, 0.25) is 0 Å². The van der Waals surface area contributed by atoms with Gasteiger partial charge in [-0.05, 0) is 41.9 Å². The van der Waals surface area contributed by atoms with E-state index in [1.54, 1.807) is 11.3 Å². The first kappa shape index (κ1) is 12.9. The standard InChI is InChI=1S/C12H11BrClNOS/c1-7(2)16-10-5-8(3-4-9(10)14)12-15-11(13)6-17-12/h3-7H,1-2H3. The van der Waals surface area contributed by atoms with Crippen molar-refractivity contribution in [1.29, 1.82) is 0 Å². The quantitative estimate of drug-likeness (QED) is 0.788. The van der Waals surface area contributed by atoms with E-state index in [1.165, 1.54) is 0 Å². The molecule has 2 nitrogen and oxygen atoms in total. The van der Waals surface area contributed by atoms with E-state index in [4.69, 9.17) is 16.3 Å². The number of ether oxygens (including phenoxy) is 1. The Morgan fingerprint density at radius 3 is 2.76 bits per heavy atom. The molecule has 0 aliphatic heterocycles. The van der Waals surface area contributed by atoms with Crippen LogP contribution in [0.2, 0.25) is 5.02 Å². The lowest BCUT2D eigenvalue weighted by molar-refractivity contribution is 0.242. The highest BCUT2D eigenvalue weighted by atomic mass is 79.9. The zero-order chi connectivity index (χ0) is 12.4. The lowest BCUT2D eigenvalue weighted by Gasteiger charge is -2.12. The van der Waals surface area contributed by atoms with E-state index in [0.29, 0.717) is 10.8 Å². The first-order valence-corrected chi connectivity index (χ1v) is 7.19. The topological polar surface area (TPSA) is 22.1 Å². The first-order chi connectivity index (χ1) is 8.06. The highest BCUT2D eigenvalue weighted by Crippen LogP contribution is 2.33. The van der Waals surface area contributed by atoms with Gasteiger partial charge in [0.1, 0.15) is 15.4 Å². The van der Waals surface area contributed by atoms with Gasteiger partial charge in [-0.25, -0.2) is 4.98 Å². The van der Waals surface area contributed by atoms with E-state index >= 15 is 0 Å². The molecule has 0 N–H and O–H groups in total. The number of nitrogens with zero attached hydrogens (tertiary/aromatic N) is 1. The number of hydrogen-bond donors (Lipinski definition) is 0. The molecule has 0 radical (unpaired) electrons. The number of hydrogen-bond acceptors (Lipinski definition) is 3. The molecular formula is C12H11BrClNOS. The third-order valence-electron chi connectivity index (χ3n) is 2.02. The van der Waals surface area contributed by atoms with Crippen molar-refractivity contribution in [3.05, 3.63) is 33.2 Å². The third kappa shape index (κ3) is 3.21. The molecule has 0 spiro atoms. The Hall–Kier alpha value is -0.580. The second-order valence-corrected chi connectivity index (χ2v) is 5.86. The SMILES string of the molecule is CC(C)Oc1cc(-c2nc(Br)cs2)ccc1Cl. The summed E-state index contributed by atoms with van der Waals surface area (Å²) in [7, 11) is 0. The van der Waals surface area contributed by atoms with Gasteiger partial charge in [0.15, 0.2) is 0 Å². The van der Waals surface area contributed by atoms with Crippen LogP contribution in [-0.4, -0.2) is 11.1 Å². The van der Waals surface area contributed by atoms with Gasteiger partial charge in [-0.2, -0.15) is 0 Å². The fraction of sp³-hybridized carbons (Fsp3) is 0.250. The molecule has 2 aromatic rings. The number of rotatable bonds is 3. The zero-order valence-corrected chi connectivity index (χ0v) is 12.6. The van der Waals surface area contributed by atoms with Gasteiger partial charge in [0.05, 0.1) is 11.1 Å². The molecule has 0 aliphatic carbocycles. The van der Waals surface area contributed by atoms with Gasteiger partial charge in [0, 0.05) is 10.9 Å². The van der Waals surface area contributed by atoms with E-state index in [9.17, 15) is 0 Å². The van der Waals surface area contributed by atoms with Crippen LogP contribution in [0.4, 0.5) is 0 Å². The summed E-state index contributed by atoms with van der Waals surface area (Å²) in [5, 5.41) is 3.52. The Labute approximate surface area is 118 Å². The fourth-order valence-corrected chi connectivity index (χ4v) is 2.78. The summed E-state index contributed by atoms with van der Waals surface area (Å²) in [6.45, 7) is 3.95. The summed E-state index contributed by atoms with van der Waals surface area (Å²) < 4.78 is 6.49. The van der Waals surface area contributed by atoms with Crippen molar-refractivity contribution in [3.63, 3.8) is 0 Å². The number of halogens is 2. The molecule has 0 fully saturated rings. The molecule has 1 aromatic heterocycles. The van der Waals surface area contributed by atoms with E-state index < -0.39 is 0 Å². The van der Waals surface area contributed by atoms with Crippen LogP contribution in [0.1, 0.15) is 13.8 Å². The molecule has 1 heterocycles. The molecule has 0 amide bonds. The maximum Gasteiger partial charge on any atom is 0.138 e. The van der Waals surface area contributed by atoms with Gasteiger partial charge >= 0.3 is 0 Å². The minimum absolute atomic E-state index is 0.103. The molecule has 0 saturated carbocycles. The second-order valence-electron chi connectivity index (χ2n) is 3.79. The summed E-state index contributed by atoms with van der Waals surface area (Å²) in [6, 6.07) is 5.71. The Balaban J connectivity index is 2.36. The van der Waals surface area contributed by atoms with Crippen molar-refractivity contribution in [2.75, 3.05) is 0 Å².